The van der Waals surface area contributed by atoms with Crippen molar-refractivity contribution in [3.05, 3.63) is 70.2 Å². The first-order chi connectivity index (χ1) is 10.6. The Balaban J connectivity index is 2.08. The van der Waals surface area contributed by atoms with Crippen LogP contribution in [-0.4, -0.2) is 18.9 Å². The number of nitrogens with zero attached hydrogens (tertiary/aromatic N) is 1. The Bertz CT molecular complexity index is 640. The van der Waals surface area contributed by atoms with Gasteiger partial charge >= 0.3 is 0 Å². The fraction of sp³-hybridized carbons (Fsp3) is 0.211. The van der Waals surface area contributed by atoms with E-state index in [1.165, 1.54) is 0 Å². The number of benzene rings is 2. The molecule has 0 saturated heterocycles. The van der Waals surface area contributed by atoms with Crippen LogP contribution in [-0.2, 0) is 0 Å². The first kappa shape index (κ1) is 16.5. The minimum atomic E-state index is 0.0222. The number of carbonyl (C=O) groups excluding carboxylic acids is 1. The lowest BCUT2D eigenvalue weighted by Gasteiger charge is -2.20. The average Bonchev–Trinajstić information content (AvgIpc) is 2.56. The van der Waals surface area contributed by atoms with Crippen LogP contribution in [0.2, 0.25) is 0 Å². The largest absolute Gasteiger partial charge is 0.372 e. The fourth-order valence-electron chi connectivity index (χ4n) is 2.27. The molecule has 22 heavy (non-hydrogen) atoms. The number of hydrogen-bond donors (Lipinski definition) is 0. The Labute approximate surface area is 140 Å². The molecule has 0 amide bonds. The number of hydrogen-bond acceptors (Lipinski definition) is 2. The van der Waals surface area contributed by atoms with Gasteiger partial charge in [-0.3, -0.25) is 4.79 Å². The summed E-state index contributed by atoms with van der Waals surface area (Å²) >= 11 is 3.40. The third-order valence-electron chi connectivity index (χ3n) is 3.58. The third-order valence-corrected chi connectivity index (χ3v) is 4.11. The zero-order valence-corrected chi connectivity index (χ0v) is 14.5. The smallest absolute Gasteiger partial charge is 0.185 e. The normalized spacial score (nSPS) is 10.9. The van der Waals surface area contributed by atoms with Gasteiger partial charge in [0.2, 0.25) is 0 Å². The average molecular weight is 358 g/mol. The van der Waals surface area contributed by atoms with E-state index in [1.54, 1.807) is 6.08 Å². The Hall–Kier alpha value is -1.87. The highest BCUT2D eigenvalue weighted by Gasteiger charge is 2.04. The summed E-state index contributed by atoms with van der Waals surface area (Å²) in [6, 6.07) is 15.7. The van der Waals surface area contributed by atoms with E-state index >= 15 is 0 Å². The van der Waals surface area contributed by atoms with E-state index in [0.29, 0.717) is 5.56 Å². The highest BCUT2D eigenvalue weighted by Crippen LogP contribution is 2.16. The van der Waals surface area contributed by atoms with E-state index in [1.807, 2.05) is 54.6 Å². The lowest BCUT2D eigenvalue weighted by atomic mass is 10.1. The maximum Gasteiger partial charge on any atom is 0.185 e. The predicted octanol–water partition coefficient (Wildman–Crippen LogP) is 5.19. The van der Waals surface area contributed by atoms with Crippen LogP contribution in [0.5, 0.6) is 0 Å². The zero-order chi connectivity index (χ0) is 15.9. The molecule has 0 aliphatic carbocycles. The van der Waals surface area contributed by atoms with Gasteiger partial charge < -0.3 is 4.90 Å². The second-order valence-corrected chi connectivity index (χ2v) is 5.88. The van der Waals surface area contributed by atoms with Crippen molar-refractivity contribution in [2.75, 3.05) is 18.0 Å². The van der Waals surface area contributed by atoms with Gasteiger partial charge in [-0.15, -0.1) is 0 Å². The molecule has 2 nitrogen and oxygen atoms in total. The maximum atomic E-state index is 12.2. The highest BCUT2D eigenvalue weighted by atomic mass is 79.9. The second kappa shape index (κ2) is 7.95. The minimum Gasteiger partial charge on any atom is -0.372 e. The van der Waals surface area contributed by atoms with Gasteiger partial charge in [0.05, 0.1) is 0 Å². The molecular weight excluding hydrogens is 338 g/mol. The van der Waals surface area contributed by atoms with Crippen LogP contribution < -0.4 is 4.90 Å². The van der Waals surface area contributed by atoms with E-state index in [-0.39, 0.29) is 5.78 Å². The lowest BCUT2D eigenvalue weighted by molar-refractivity contribution is 0.104. The van der Waals surface area contributed by atoms with Gasteiger partial charge in [0.1, 0.15) is 0 Å². The zero-order valence-electron chi connectivity index (χ0n) is 12.9. The van der Waals surface area contributed by atoms with Crippen molar-refractivity contribution in [2.45, 2.75) is 13.8 Å². The Morgan fingerprint density at radius 1 is 1.00 bits per heavy atom. The van der Waals surface area contributed by atoms with Gasteiger partial charge in [-0.1, -0.05) is 34.1 Å². The molecule has 2 aromatic rings. The summed E-state index contributed by atoms with van der Waals surface area (Å²) in [7, 11) is 0. The minimum absolute atomic E-state index is 0.0222. The molecule has 3 heteroatoms. The molecule has 0 saturated carbocycles. The van der Waals surface area contributed by atoms with Gasteiger partial charge in [0, 0.05) is 28.8 Å². The molecule has 0 aliphatic heterocycles. The summed E-state index contributed by atoms with van der Waals surface area (Å²) in [5.74, 6) is 0.0222. The summed E-state index contributed by atoms with van der Waals surface area (Å²) in [5.41, 5.74) is 2.87. The lowest BCUT2D eigenvalue weighted by Crippen LogP contribution is -2.21. The summed E-state index contributed by atoms with van der Waals surface area (Å²) in [5, 5.41) is 0. The first-order valence-corrected chi connectivity index (χ1v) is 8.26. The Morgan fingerprint density at radius 2 is 1.59 bits per heavy atom. The molecule has 0 unspecified atom stereocenters. The Morgan fingerprint density at radius 3 is 2.14 bits per heavy atom. The molecule has 0 N–H and O–H groups in total. The van der Waals surface area contributed by atoms with Gasteiger partial charge in [-0.25, -0.2) is 0 Å². The summed E-state index contributed by atoms with van der Waals surface area (Å²) in [6.07, 6.45) is 3.46. The maximum absolute atomic E-state index is 12.2. The van der Waals surface area contributed by atoms with Crippen molar-refractivity contribution in [3.8, 4) is 0 Å². The highest BCUT2D eigenvalue weighted by molar-refractivity contribution is 9.10. The number of allylic oxidation sites excluding steroid dienone is 1. The van der Waals surface area contributed by atoms with Crippen LogP contribution in [0.4, 0.5) is 5.69 Å². The van der Waals surface area contributed by atoms with Crippen molar-refractivity contribution in [1.82, 2.24) is 0 Å². The number of halogens is 1. The molecule has 2 rings (SSSR count). The van der Waals surface area contributed by atoms with Crippen LogP contribution >= 0.6 is 15.9 Å². The summed E-state index contributed by atoms with van der Waals surface area (Å²) < 4.78 is 1.03. The van der Waals surface area contributed by atoms with Gasteiger partial charge in [0.15, 0.2) is 5.78 Å². The van der Waals surface area contributed by atoms with E-state index in [0.717, 1.165) is 28.8 Å². The van der Waals surface area contributed by atoms with Crippen molar-refractivity contribution in [3.63, 3.8) is 0 Å². The van der Waals surface area contributed by atoms with Crippen LogP contribution in [0.1, 0.15) is 29.8 Å². The van der Waals surface area contributed by atoms with Crippen LogP contribution in [0.15, 0.2) is 59.1 Å². The quantitative estimate of drug-likeness (QED) is 0.523. The molecule has 0 radical (unpaired) electrons. The van der Waals surface area contributed by atoms with E-state index in [9.17, 15) is 4.79 Å². The number of rotatable bonds is 6. The molecule has 0 aromatic heterocycles. The summed E-state index contributed by atoms with van der Waals surface area (Å²) in [4.78, 5) is 14.5. The van der Waals surface area contributed by atoms with Crippen LogP contribution in [0, 0.1) is 0 Å². The number of ketones is 1. The SMILES string of the molecule is CCN(CC)c1ccc(C(=O)/C=C/c2ccc(Br)cc2)cc1. The monoisotopic (exact) mass is 357 g/mol. The van der Waals surface area contributed by atoms with Crippen molar-refractivity contribution in [1.29, 1.82) is 0 Å². The van der Waals surface area contributed by atoms with Crippen molar-refractivity contribution in [2.24, 2.45) is 0 Å². The standard InChI is InChI=1S/C19H20BrNO/c1-3-21(4-2)18-12-8-16(9-13-18)19(22)14-7-15-5-10-17(20)11-6-15/h5-14H,3-4H2,1-2H3/b14-7+. The second-order valence-electron chi connectivity index (χ2n) is 4.97. The third kappa shape index (κ3) is 4.31. The van der Waals surface area contributed by atoms with Gasteiger partial charge in [0.25, 0.3) is 0 Å². The molecule has 0 bridgehead atoms. The molecule has 114 valence electrons. The van der Waals surface area contributed by atoms with Crippen molar-refractivity contribution >= 4 is 33.5 Å². The van der Waals surface area contributed by atoms with E-state index in [4.69, 9.17) is 0 Å². The van der Waals surface area contributed by atoms with E-state index in [2.05, 4.69) is 34.7 Å². The fourth-order valence-corrected chi connectivity index (χ4v) is 2.53. The van der Waals surface area contributed by atoms with Gasteiger partial charge in [-0.05, 0) is 61.9 Å². The first-order valence-electron chi connectivity index (χ1n) is 7.47. The molecule has 0 heterocycles. The van der Waals surface area contributed by atoms with Gasteiger partial charge in [-0.2, -0.15) is 0 Å². The molecule has 0 aliphatic rings. The Kier molecular flexibility index (Phi) is 5.96. The molecule has 0 spiro atoms. The molecule has 2 aromatic carbocycles. The summed E-state index contributed by atoms with van der Waals surface area (Å²) in [6.45, 7) is 6.19. The molecular formula is C19H20BrNO. The van der Waals surface area contributed by atoms with Crippen molar-refractivity contribution < 1.29 is 4.79 Å². The molecule has 0 atom stereocenters. The van der Waals surface area contributed by atoms with Crippen LogP contribution in [0.25, 0.3) is 6.08 Å². The van der Waals surface area contributed by atoms with Crippen LogP contribution in [0.3, 0.4) is 0 Å². The van der Waals surface area contributed by atoms with E-state index < -0.39 is 0 Å². The number of carbonyl (C=O) groups is 1. The number of anilines is 1. The topological polar surface area (TPSA) is 20.3 Å². The molecule has 0 fully saturated rings. The predicted molar refractivity (Wildman–Crippen MR) is 97.5 cm³/mol.